The SMILES string of the molecule is CC(C)(C)OC(=O)N1CCN(CC2CCC(C)(C)O2)C(CN)C1. The van der Waals surface area contributed by atoms with Crippen LogP contribution in [0.4, 0.5) is 4.79 Å². The average Bonchev–Trinajstić information content (AvgIpc) is 2.76. The molecular weight excluding hydrogens is 294 g/mol. The summed E-state index contributed by atoms with van der Waals surface area (Å²) in [6.07, 6.45) is 2.22. The van der Waals surface area contributed by atoms with E-state index in [-0.39, 0.29) is 23.8 Å². The van der Waals surface area contributed by atoms with Crippen LogP contribution in [0.15, 0.2) is 0 Å². The smallest absolute Gasteiger partial charge is 0.410 e. The highest BCUT2D eigenvalue weighted by Gasteiger charge is 2.36. The van der Waals surface area contributed by atoms with Crippen molar-refractivity contribution in [2.75, 3.05) is 32.7 Å². The van der Waals surface area contributed by atoms with Gasteiger partial charge in [-0.1, -0.05) is 0 Å². The molecule has 2 heterocycles. The lowest BCUT2D eigenvalue weighted by molar-refractivity contribution is -0.0441. The second-order valence-electron chi connectivity index (χ2n) is 8.35. The molecule has 2 unspecified atom stereocenters. The van der Waals surface area contributed by atoms with Crippen LogP contribution in [0.1, 0.15) is 47.5 Å². The number of hydrogen-bond donors (Lipinski definition) is 1. The molecule has 134 valence electrons. The molecule has 0 aromatic carbocycles. The first-order chi connectivity index (χ1) is 10.6. The van der Waals surface area contributed by atoms with E-state index in [1.54, 1.807) is 4.90 Å². The van der Waals surface area contributed by atoms with Crippen molar-refractivity contribution in [1.82, 2.24) is 9.80 Å². The molecular formula is C17H33N3O3. The molecule has 2 fully saturated rings. The highest BCUT2D eigenvalue weighted by atomic mass is 16.6. The molecule has 6 nitrogen and oxygen atoms in total. The van der Waals surface area contributed by atoms with Crippen molar-refractivity contribution >= 4 is 6.09 Å². The molecule has 0 aliphatic carbocycles. The zero-order valence-corrected chi connectivity index (χ0v) is 15.3. The lowest BCUT2D eigenvalue weighted by Gasteiger charge is -2.42. The van der Waals surface area contributed by atoms with Crippen molar-refractivity contribution < 1.29 is 14.3 Å². The topological polar surface area (TPSA) is 68.0 Å². The monoisotopic (exact) mass is 327 g/mol. The first-order valence-corrected chi connectivity index (χ1v) is 8.69. The Balaban J connectivity index is 1.88. The molecule has 0 spiro atoms. The van der Waals surface area contributed by atoms with Gasteiger partial charge in [0.25, 0.3) is 0 Å². The lowest BCUT2D eigenvalue weighted by Crippen LogP contribution is -2.59. The first-order valence-electron chi connectivity index (χ1n) is 8.69. The lowest BCUT2D eigenvalue weighted by atomic mass is 10.0. The van der Waals surface area contributed by atoms with Crippen molar-refractivity contribution in [2.24, 2.45) is 5.73 Å². The van der Waals surface area contributed by atoms with Gasteiger partial charge in [-0.3, -0.25) is 4.90 Å². The number of hydrogen-bond acceptors (Lipinski definition) is 5. The van der Waals surface area contributed by atoms with Gasteiger partial charge in [0, 0.05) is 38.8 Å². The Kier molecular flexibility index (Phi) is 5.59. The van der Waals surface area contributed by atoms with Crippen LogP contribution in [-0.2, 0) is 9.47 Å². The standard InChI is InChI=1S/C17H33N3O3/c1-16(2,3)23-15(21)20-9-8-19(13(10-18)11-20)12-14-6-7-17(4,5)22-14/h13-14H,6-12,18H2,1-5H3. The largest absolute Gasteiger partial charge is 0.444 e. The van der Waals surface area contributed by atoms with Crippen LogP contribution in [0.3, 0.4) is 0 Å². The highest BCUT2D eigenvalue weighted by Crippen LogP contribution is 2.30. The maximum absolute atomic E-state index is 12.2. The van der Waals surface area contributed by atoms with Gasteiger partial charge in [-0.15, -0.1) is 0 Å². The molecule has 2 aliphatic heterocycles. The Labute approximate surface area is 140 Å². The van der Waals surface area contributed by atoms with Crippen molar-refractivity contribution in [3.05, 3.63) is 0 Å². The van der Waals surface area contributed by atoms with Crippen LogP contribution < -0.4 is 5.73 Å². The van der Waals surface area contributed by atoms with E-state index in [1.165, 1.54) is 0 Å². The molecule has 2 aliphatic rings. The number of carbonyl (C=O) groups is 1. The van der Waals surface area contributed by atoms with E-state index in [4.69, 9.17) is 15.2 Å². The number of rotatable bonds is 3. The van der Waals surface area contributed by atoms with E-state index in [0.717, 1.165) is 25.9 Å². The summed E-state index contributed by atoms with van der Waals surface area (Å²) in [6.45, 7) is 13.5. The maximum Gasteiger partial charge on any atom is 0.410 e. The number of carbonyl (C=O) groups excluding carboxylic acids is 1. The summed E-state index contributed by atoms with van der Waals surface area (Å²) >= 11 is 0. The molecule has 6 heteroatoms. The highest BCUT2D eigenvalue weighted by molar-refractivity contribution is 5.68. The quantitative estimate of drug-likeness (QED) is 0.856. The van der Waals surface area contributed by atoms with Crippen LogP contribution in [0.5, 0.6) is 0 Å². The Morgan fingerprint density at radius 3 is 2.57 bits per heavy atom. The van der Waals surface area contributed by atoms with E-state index >= 15 is 0 Å². The first kappa shape index (κ1) is 18.5. The van der Waals surface area contributed by atoms with Gasteiger partial charge in [-0.2, -0.15) is 0 Å². The van der Waals surface area contributed by atoms with E-state index in [1.807, 2.05) is 20.8 Å². The molecule has 0 aromatic heterocycles. The predicted molar refractivity (Wildman–Crippen MR) is 90.4 cm³/mol. The number of piperazine rings is 1. The number of amides is 1. The van der Waals surface area contributed by atoms with Crippen molar-refractivity contribution in [3.8, 4) is 0 Å². The minimum absolute atomic E-state index is 0.0127. The average molecular weight is 327 g/mol. The van der Waals surface area contributed by atoms with E-state index in [0.29, 0.717) is 19.6 Å². The molecule has 2 N–H and O–H groups in total. The second kappa shape index (κ2) is 6.95. The summed E-state index contributed by atoms with van der Waals surface area (Å²) in [7, 11) is 0. The fourth-order valence-electron chi connectivity index (χ4n) is 3.32. The van der Waals surface area contributed by atoms with Gasteiger partial charge in [-0.25, -0.2) is 4.79 Å². The number of nitrogens with zero attached hydrogens (tertiary/aromatic N) is 2. The Morgan fingerprint density at radius 1 is 1.35 bits per heavy atom. The third-order valence-electron chi connectivity index (χ3n) is 4.52. The third kappa shape index (κ3) is 5.33. The van der Waals surface area contributed by atoms with Gasteiger partial charge in [0.2, 0.25) is 0 Å². The van der Waals surface area contributed by atoms with Crippen molar-refractivity contribution in [2.45, 2.75) is 70.8 Å². The molecule has 2 saturated heterocycles. The van der Waals surface area contributed by atoms with Crippen molar-refractivity contribution in [3.63, 3.8) is 0 Å². The van der Waals surface area contributed by atoms with Gasteiger partial charge < -0.3 is 20.1 Å². The third-order valence-corrected chi connectivity index (χ3v) is 4.52. The molecule has 23 heavy (non-hydrogen) atoms. The molecule has 2 atom stereocenters. The fraction of sp³-hybridized carbons (Fsp3) is 0.941. The second-order valence-corrected chi connectivity index (χ2v) is 8.35. The van der Waals surface area contributed by atoms with Gasteiger partial charge in [0.15, 0.2) is 0 Å². The van der Waals surface area contributed by atoms with Crippen molar-refractivity contribution in [1.29, 1.82) is 0 Å². The summed E-state index contributed by atoms with van der Waals surface area (Å²) in [6, 6.07) is 0.170. The van der Waals surface area contributed by atoms with Crippen LogP contribution in [0.25, 0.3) is 0 Å². The number of ether oxygens (including phenoxy) is 2. The zero-order valence-electron chi connectivity index (χ0n) is 15.3. The van der Waals surface area contributed by atoms with Gasteiger partial charge >= 0.3 is 6.09 Å². The van der Waals surface area contributed by atoms with Crippen LogP contribution in [-0.4, -0.2) is 72.0 Å². The maximum atomic E-state index is 12.2. The minimum Gasteiger partial charge on any atom is -0.444 e. The predicted octanol–water partition coefficient (Wildman–Crippen LogP) is 1.82. The molecule has 2 rings (SSSR count). The molecule has 0 saturated carbocycles. The van der Waals surface area contributed by atoms with Crippen LogP contribution >= 0.6 is 0 Å². The number of nitrogens with two attached hydrogens (primary N) is 1. The molecule has 0 aromatic rings. The van der Waals surface area contributed by atoms with Gasteiger partial charge in [-0.05, 0) is 47.5 Å². The van der Waals surface area contributed by atoms with Crippen LogP contribution in [0, 0.1) is 0 Å². The minimum atomic E-state index is -0.463. The Hall–Kier alpha value is -0.850. The van der Waals surface area contributed by atoms with Crippen LogP contribution in [0.2, 0.25) is 0 Å². The molecule has 1 amide bonds. The normalized spacial score (nSPS) is 28.9. The van der Waals surface area contributed by atoms with Gasteiger partial charge in [0.05, 0.1) is 11.7 Å². The fourth-order valence-corrected chi connectivity index (χ4v) is 3.32. The summed E-state index contributed by atoms with van der Waals surface area (Å²) in [4.78, 5) is 16.4. The van der Waals surface area contributed by atoms with E-state index < -0.39 is 5.60 Å². The Morgan fingerprint density at radius 2 is 2.04 bits per heavy atom. The zero-order chi connectivity index (χ0) is 17.3. The van der Waals surface area contributed by atoms with E-state index in [2.05, 4.69) is 18.7 Å². The molecule has 0 radical (unpaired) electrons. The summed E-state index contributed by atoms with van der Waals surface area (Å²) < 4.78 is 11.6. The summed E-state index contributed by atoms with van der Waals surface area (Å²) in [5, 5.41) is 0. The molecule has 0 bridgehead atoms. The summed E-state index contributed by atoms with van der Waals surface area (Å²) in [5.74, 6) is 0. The summed E-state index contributed by atoms with van der Waals surface area (Å²) in [5.41, 5.74) is 5.47. The van der Waals surface area contributed by atoms with E-state index in [9.17, 15) is 4.79 Å². The Bertz CT molecular complexity index is 420. The van der Waals surface area contributed by atoms with Gasteiger partial charge in [0.1, 0.15) is 5.60 Å².